The summed E-state index contributed by atoms with van der Waals surface area (Å²) < 4.78 is 36.3. The lowest BCUT2D eigenvalue weighted by Gasteiger charge is -2.04. The van der Waals surface area contributed by atoms with E-state index in [0.29, 0.717) is 6.42 Å². The molecule has 0 atom stereocenters. The zero-order chi connectivity index (χ0) is 11.3. The fourth-order valence-corrected chi connectivity index (χ4v) is 2.87. The van der Waals surface area contributed by atoms with Crippen LogP contribution in [-0.2, 0) is 15.6 Å². The highest BCUT2D eigenvalue weighted by atomic mass is 32.2. The van der Waals surface area contributed by atoms with Crippen molar-refractivity contribution in [1.82, 2.24) is 0 Å². The molecule has 0 spiro atoms. The van der Waals surface area contributed by atoms with E-state index in [1.165, 1.54) is 12.1 Å². The summed E-state index contributed by atoms with van der Waals surface area (Å²) in [5.74, 6) is -0.505. The van der Waals surface area contributed by atoms with Crippen molar-refractivity contribution in [2.45, 2.75) is 25.5 Å². The Hall–Kier alpha value is -0.900. The number of sulfone groups is 1. The molecule has 0 saturated carbocycles. The fraction of sp³-hybridized carbons (Fsp3) is 0.455. The van der Waals surface area contributed by atoms with E-state index >= 15 is 0 Å². The number of hydrogen-bond acceptors (Lipinski definition) is 2. The van der Waals surface area contributed by atoms with E-state index in [1.54, 1.807) is 12.1 Å². The van der Waals surface area contributed by atoms with Crippen LogP contribution in [0.25, 0.3) is 0 Å². The summed E-state index contributed by atoms with van der Waals surface area (Å²) in [6.07, 6.45) is 1.47. The van der Waals surface area contributed by atoms with Gasteiger partial charge in [0, 0.05) is 5.56 Å². The van der Waals surface area contributed by atoms with Crippen LogP contribution in [-0.4, -0.2) is 14.2 Å². The molecule has 15 heavy (non-hydrogen) atoms. The summed E-state index contributed by atoms with van der Waals surface area (Å²) in [7, 11) is -3.16. The molecule has 0 aliphatic carbocycles. The summed E-state index contributed by atoms with van der Waals surface area (Å²) in [6.45, 7) is 1.93. The van der Waals surface area contributed by atoms with Crippen molar-refractivity contribution >= 4 is 9.84 Å². The number of halogens is 1. The predicted molar refractivity (Wildman–Crippen MR) is 58.8 cm³/mol. The molecule has 0 aliphatic heterocycles. The first-order chi connectivity index (χ1) is 7.05. The van der Waals surface area contributed by atoms with Gasteiger partial charge in [0.1, 0.15) is 5.82 Å². The van der Waals surface area contributed by atoms with Crippen LogP contribution in [0.5, 0.6) is 0 Å². The molecule has 2 nitrogen and oxygen atoms in total. The van der Waals surface area contributed by atoms with Crippen LogP contribution in [0.1, 0.15) is 25.3 Å². The molecule has 1 aromatic rings. The third kappa shape index (κ3) is 4.00. The van der Waals surface area contributed by atoms with Gasteiger partial charge in [-0.15, -0.1) is 0 Å². The highest BCUT2D eigenvalue weighted by Crippen LogP contribution is 2.12. The Kier molecular flexibility index (Phi) is 4.27. The topological polar surface area (TPSA) is 34.1 Å². The van der Waals surface area contributed by atoms with Gasteiger partial charge in [-0.25, -0.2) is 12.8 Å². The molecule has 0 bridgehead atoms. The lowest BCUT2D eigenvalue weighted by atomic mass is 10.2. The van der Waals surface area contributed by atoms with Gasteiger partial charge in [-0.1, -0.05) is 31.5 Å². The van der Waals surface area contributed by atoms with Crippen LogP contribution in [0, 0.1) is 5.82 Å². The van der Waals surface area contributed by atoms with E-state index in [1.807, 2.05) is 6.92 Å². The van der Waals surface area contributed by atoms with Gasteiger partial charge < -0.3 is 0 Å². The molecule has 4 heteroatoms. The molecule has 0 aromatic heterocycles. The maximum absolute atomic E-state index is 13.2. The average molecular weight is 230 g/mol. The van der Waals surface area contributed by atoms with Crippen molar-refractivity contribution in [1.29, 1.82) is 0 Å². The minimum Gasteiger partial charge on any atom is -0.228 e. The molecular weight excluding hydrogens is 215 g/mol. The van der Waals surface area contributed by atoms with Crippen LogP contribution in [0.4, 0.5) is 4.39 Å². The van der Waals surface area contributed by atoms with Gasteiger partial charge in [0.25, 0.3) is 0 Å². The van der Waals surface area contributed by atoms with Crippen molar-refractivity contribution in [3.05, 3.63) is 35.6 Å². The summed E-state index contributed by atoms with van der Waals surface area (Å²) in [6, 6.07) is 5.99. The zero-order valence-corrected chi connectivity index (χ0v) is 9.56. The Morgan fingerprint density at radius 2 is 1.93 bits per heavy atom. The second-order valence-electron chi connectivity index (χ2n) is 3.54. The third-order valence-electron chi connectivity index (χ3n) is 2.14. The summed E-state index contributed by atoms with van der Waals surface area (Å²) in [5.41, 5.74) is 0.258. The standard InChI is InChI=1S/C11H15FO2S/c1-2-3-8-15(13,14)9-10-6-4-5-7-11(10)12/h4-7H,2-3,8-9H2,1H3. The van der Waals surface area contributed by atoms with Crippen molar-refractivity contribution in [2.24, 2.45) is 0 Å². The van der Waals surface area contributed by atoms with E-state index in [2.05, 4.69) is 0 Å². The van der Waals surface area contributed by atoms with Crippen molar-refractivity contribution in [3.8, 4) is 0 Å². The normalized spacial score (nSPS) is 11.6. The van der Waals surface area contributed by atoms with Crippen LogP contribution in [0.2, 0.25) is 0 Å². The Morgan fingerprint density at radius 1 is 1.27 bits per heavy atom. The van der Waals surface area contributed by atoms with Crippen molar-refractivity contribution in [3.63, 3.8) is 0 Å². The first kappa shape index (κ1) is 12.2. The van der Waals surface area contributed by atoms with E-state index < -0.39 is 15.7 Å². The molecule has 0 heterocycles. The fourth-order valence-electron chi connectivity index (χ4n) is 1.29. The number of rotatable bonds is 5. The molecule has 0 N–H and O–H groups in total. The maximum atomic E-state index is 13.2. The molecule has 84 valence electrons. The minimum atomic E-state index is -3.16. The molecule has 1 rings (SSSR count). The summed E-state index contributed by atoms with van der Waals surface area (Å²) in [4.78, 5) is 0. The second kappa shape index (κ2) is 5.26. The SMILES string of the molecule is CCCCS(=O)(=O)Cc1ccccc1F. The molecule has 0 aliphatic rings. The van der Waals surface area contributed by atoms with E-state index in [4.69, 9.17) is 0 Å². The van der Waals surface area contributed by atoms with Crippen LogP contribution in [0.3, 0.4) is 0 Å². The molecule has 1 aromatic carbocycles. The minimum absolute atomic E-state index is 0.137. The second-order valence-corrected chi connectivity index (χ2v) is 5.72. The molecule has 0 amide bonds. The third-order valence-corrected chi connectivity index (χ3v) is 3.80. The number of benzene rings is 1. The van der Waals surface area contributed by atoms with E-state index in [9.17, 15) is 12.8 Å². The first-order valence-corrected chi connectivity index (χ1v) is 6.81. The predicted octanol–water partition coefficient (Wildman–Crippen LogP) is 2.54. The van der Waals surface area contributed by atoms with Crippen LogP contribution in [0.15, 0.2) is 24.3 Å². The van der Waals surface area contributed by atoms with E-state index in [-0.39, 0.29) is 17.1 Å². The van der Waals surface area contributed by atoms with Gasteiger partial charge in [0.2, 0.25) is 0 Å². The van der Waals surface area contributed by atoms with E-state index in [0.717, 1.165) is 6.42 Å². The van der Waals surface area contributed by atoms with Gasteiger partial charge >= 0.3 is 0 Å². The largest absolute Gasteiger partial charge is 0.228 e. The van der Waals surface area contributed by atoms with Crippen molar-refractivity contribution in [2.75, 3.05) is 5.75 Å². The molecule has 0 unspecified atom stereocenters. The summed E-state index contributed by atoms with van der Waals surface area (Å²) >= 11 is 0. The molecular formula is C11H15FO2S. The Labute approximate surface area is 90.0 Å². The lowest BCUT2D eigenvalue weighted by molar-refractivity contribution is 0.584. The maximum Gasteiger partial charge on any atom is 0.154 e. The highest BCUT2D eigenvalue weighted by Gasteiger charge is 2.13. The van der Waals surface area contributed by atoms with Crippen LogP contribution < -0.4 is 0 Å². The zero-order valence-electron chi connectivity index (χ0n) is 8.74. The quantitative estimate of drug-likeness (QED) is 0.779. The smallest absolute Gasteiger partial charge is 0.154 e. The monoisotopic (exact) mass is 230 g/mol. The Morgan fingerprint density at radius 3 is 2.53 bits per heavy atom. The van der Waals surface area contributed by atoms with Gasteiger partial charge in [0.05, 0.1) is 11.5 Å². The Bertz CT molecular complexity index is 412. The molecule has 0 saturated heterocycles. The van der Waals surface area contributed by atoms with Crippen LogP contribution >= 0.6 is 0 Å². The number of hydrogen-bond donors (Lipinski definition) is 0. The Balaban J connectivity index is 2.74. The number of unbranched alkanes of at least 4 members (excludes halogenated alkanes) is 1. The average Bonchev–Trinajstić information content (AvgIpc) is 2.18. The van der Waals surface area contributed by atoms with Gasteiger partial charge in [-0.3, -0.25) is 0 Å². The highest BCUT2D eigenvalue weighted by molar-refractivity contribution is 7.90. The van der Waals surface area contributed by atoms with Gasteiger partial charge in [0.15, 0.2) is 9.84 Å². The summed E-state index contributed by atoms with van der Waals surface area (Å²) in [5, 5.41) is 0. The first-order valence-electron chi connectivity index (χ1n) is 4.99. The molecule has 0 radical (unpaired) electrons. The van der Waals surface area contributed by atoms with Gasteiger partial charge in [-0.05, 0) is 12.5 Å². The molecule has 0 fully saturated rings. The lowest BCUT2D eigenvalue weighted by Crippen LogP contribution is -2.10. The van der Waals surface area contributed by atoms with Crippen molar-refractivity contribution < 1.29 is 12.8 Å². The van der Waals surface area contributed by atoms with Gasteiger partial charge in [-0.2, -0.15) is 0 Å².